The summed E-state index contributed by atoms with van der Waals surface area (Å²) in [6, 6.07) is 3.54. The molecule has 1 aliphatic rings. The molecule has 0 aliphatic carbocycles. The van der Waals surface area contributed by atoms with Crippen molar-refractivity contribution in [2.24, 2.45) is 4.99 Å². The van der Waals surface area contributed by atoms with Crippen molar-refractivity contribution < 1.29 is 14.3 Å². The zero-order valence-electron chi connectivity index (χ0n) is 9.05. The fourth-order valence-corrected chi connectivity index (χ4v) is 2.08. The summed E-state index contributed by atoms with van der Waals surface area (Å²) in [6.45, 7) is 0.609. The second-order valence-corrected chi connectivity index (χ2v) is 4.37. The van der Waals surface area contributed by atoms with Crippen molar-refractivity contribution in [2.75, 3.05) is 13.2 Å². The molecule has 0 atom stereocenters. The van der Waals surface area contributed by atoms with E-state index in [2.05, 4.69) is 10.3 Å². The average molecular weight is 252 g/mol. The summed E-state index contributed by atoms with van der Waals surface area (Å²) in [6.07, 6.45) is 3.83. The molecular formula is C11H12N2O3S. The van der Waals surface area contributed by atoms with Crippen LogP contribution in [0.15, 0.2) is 32.7 Å². The molecule has 0 aromatic carbocycles. The van der Waals surface area contributed by atoms with Gasteiger partial charge in [0.25, 0.3) is 5.91 Å². The lowest BCUT2D eigenvalue weighted by atomic mass is 10.4. The molecule has 1 saturated heterocycles. The molecule has 2 rings (SSSR count). The Bertz CT molecular complexity index is 451. The van der Waals surface area contributed by atoms with E-state index in [-0.39, 0.29) is 12.5 Å². The van der Waals surface area contributed by atoms with E-state index in [0.717, 1.165) is 0 Å². The molecule has 6 heteroatoms. The molecule has 2 N–H and O–H groups in total. The van der Waals surface area contributed by atoms with Crippen molar-refractivity contribution in [2.45, 2.75) is 6.42 Å². The average Bonchev–Trinajstić information content (AvgIpc) is 2.91. The fourth-order valence-electron chi connectivity index (χ4n) is 1.26. The van der Waals surface area contributed by atoms with Gasteiger partial charge in [0.05, 0.1) is 11.2 Å². The number of furan rings is 1. The van der Waals surface area contributed by atoms with Crippen LogP contribution in [0.4, 0.5) is 0 Å². The van der Waals surface area contributed by atoms with Crippen LogP contribution < -0.4 is 5.32 Å². The van der Waals surface area contributed by atoms with Crippen molar-refractivity contribution >= 4 is 28.9 Å². The molecule has 90 valence electrons. The maximum atomic E-state index is 11.6. The van der Waals surface area contributed by atoms with E-state index in [9.17, 15) is 4.79 Å². The largest absolute Gasteiger partial charge is 0.465 e. The Morgan fingerprint density at radius 1 is 1.59 bits per heavy atom. The van der Waals surface area contributed by atoms with Crippen LogP contribution in [-0.4, -0.2) is 29.3 Å². The van der Waals surface area contributed by atoms with Crippen LogP contribution in [0.2, 0.25) is 0 Å². The first-order chi connectivity index (χ1) is 8.29. The van der Waals surface area contributed by atoms with Gasteiger partial charge >= 0.3 is 0 Å². The second-order valence-electron chi connectivity index (χ2n) is 3.34. The number of aliphatic imine (C=N–C) groups is 1. The van der Waals surface area contributed by atoms with Crippen molar-refractivity contribution in [3.05, 3.63) is 29.1 Å². The molecule has 1 amide bonds. The molecule has 5 nitrogen and oxygen atoms in total. The van der Waals surface area contributed by atoms with E-state index in [1.165, 1.54) is 11.8 Å². The number of amides is 1. The smallest absolute Gasteiger partial charge is 0.264 e. The van der Waals surface area contributed by atoms with Crippen LogP contribution in [0.5, 0.6) is 0 Å². The number of carbonyl (C=O) groups excluding carboxylic acids is 1. The van der Waals surface area contributed by atoms with E-state index in [4.69, 9.17) is 9.52 Å². The predicted molar refractivity (Wildman–Crippen MR) is 66.4 cm³/mol. The minimum absolute atomic E-state index is 0.102. The van der Waals surface area contributed by atoms with Gasteiger partial charge in [0.1, 0.15) is 5.76 Å². The van der Waals surface area contributed by atoms with E-state index in [1.54, 1.807) is 24.5 Å². The third kappa shape index (κ3) is 3.21. The Hall–Kier alpha value is -1.53. The van der Waals surface area contributed by atoms with Crippen LogP contribution >= 0.6 is 11.8 Å². The number of aliphatic hydroxyl groups is 1. The number of nitrogens with zero attached hydrogens (tertiary/aromatic N) is 1. The monoisotopic (exact) mass is 252 g/mol. The minimum atomic E-state index is -0.172. The Labute approximate surface area is 103 Å². The van der Waals surface area contributed by atoms with E-state index in [1.807, 2.05) is 0 Å². The molecule has 1 aromatic rings. The van der Waals surface area contributed by atoms with Crippen LogP contribution in [0, 0.1) is 0 Å². The first-order valence-corrected chi connectivity index (χ1v) is 6.01. The van der Waals surface area contributed by atoms with Gasteiger partial charge < -0.3 is 14.8 Å². The molecule has 2 heterocycles. The molecular weight excluding hydrogens is 240 g/mol. The summed E-state index contributed by atoms with van der Waals surface area (Å²) in [5.41, 5.74) is 0. The van der Waals surface area contributed by atoms with Crippen molar-refractivity contribution in [1.82, 2.24) is 5.32 Å². The van der Waals surface area contributed by atoms with Crippen molar-refractivity contribution in [3.8, 4) is 0 Å². The molecule has 0 saturated carbocycles. The van der Waals surface area contributed by atoms with Gasteiger partial charge in [-0.15, -0.1) is 0 Å². The maximum Gasteiger partial charge on any atom is 0.264 e. The molecule has 17 heavy (non-hydrogen) atoms. The fraction of sp³-hybridized carbons (Fsp3) is 0.273. The summed E-state index contributed by atoms with van der Waals surface area (Å²) >= 11 is 1.28. The first-order valence-electron chi connectivity index (χ1n) is 5.19. The minimum Gasteiger partial charge on any atom is -0.465 e. The van der Waals surface area contributed by atoms with Crippen LogP contribution in [0.1, 0.15) is 12.2 Å². The maximum absolute atomic E-state index is 11.6. The number of hydrogen-bond donors (Lipinski definition) is 2. The zero-order chi connectivity index (χ0) is 12.1. The highest BCUT2D eigenvalue weighted by atomic mass is 32.2. The summed E-state index contributed by atoms with van der Waals surface area (Å²) in [4.78, 5) is 16.3. The second kappa shape index (κ2) is 5.70. The quantitative estimate of drug-likeness (QED) is 0.624. The highest BCUT2D eigenvalue weighted by Gasteiger charge is 2.23. The third-order valence-corrected chi connectivity index (χ3v) is 2.99. The number of rotatable bonds is 4. The molecule has 1 aliphatic heterocycles. The first kappa shape index (κ1) is 11.9. The van der Waals surface area contributed by atoms with Gasteiger partial charge in [0.2, 0.25) is 0 Å². The summed E-state index contributed by atoms with van der Waals surface area (Å²) in [5, 5.41) is 11.9. The van der Waals surface area contributed by atoms with E-state index in [0.29, 0.717) is 28.8 Å². The number of hydrogen-bond acceptors (Lipinski definition) is 5. The summed E-state index contributed by atoms with van der Waals surface area (Å²) < 4.78 is 5.13. The molecule has 1 fully saturated rings. The van der Waals surface area contributed by atoms with Crippen LogP contribution in [-0.2, 0) is 4.79 Å². The Kier molecular flexibility index (Phi) is 4.00. The van der Waals surface area contributed by atoms with Gasteiger partial charge in [-0.2, -0.15) is 0 Å². The highest BCUT2D eigenvalue weighted by molar-refractivity contribution is 8.18. The Balaban J connectivity index is 2.03. The predicted octanol–water partition coefficient (Wildman–Crippen LogP) is 1.22. The standard InChI is InChI=1S/C11H12N2O3S/c14-5-2-4-12-11-13-10(15)9(17-11)7-8-3-1-6-16-8/h1,3,6-7,14H,2,4-5H2,(H,12,13,15)/b9-7-. The molecule has 0 bridgehead atoms. The number of nitrogens with one attached hydrogen (secondary N) is 1. The van der Waals surface area contributed by atoms with Gasteiger partial charge in [-0.1, -0.05) is 0 Å². The van der Waals surface area contributed by atoms with Gasteiger partial charge in [-0.05, 0) is 30.3 Å². The summed E-state index contributed by atoms with van der Waals surface area (Å²) in [7, 11) is 0. The molecule has 0 radical (unpaired) electrons. The lowest BCUT2D eigenvalue weighted by Gasteiger charge is -1.93. The Morgan fingerprint density at radius 2 is 2.47 bits per heavy atom. The normalized spacial score (nSPS) is 20.2. The summed E-state index contributed by atoms with van der Waals surface area (Å²) in [5.74, 6) is 0.466. The SMILES string of the molecule is O=C1NC(=NCCCO)S/C1=C\c1ccco1. The number of amidine groups is 1. The molecule has 0 spiro atoms. The van der Waals surface area contributed by atoms with Gasteiger partial charge in [0.15, 0.2) is 5.17 Å². The Morgan fingerprint density at radius 3 is 3.18 bits per heavy atom. The topological polar surface area (TPSA) is 74.8 Å². The van der Waals surface area contributed by atoms with Crippen LogP contribution in [0.25, 0.3) is 6.08 Å². The lowest BCUT2D eigenvalue weighted by molar-refractivity contribution is -0.115. The van der Waals surface area contributed by atoms with E-state index < -0.39 is 0 Å². The number of carbonyl (C=O) groups is 1. The third-order valence-electron chi connectivity index (χ3n) is 2.04. The highest BCUT2D eigenvalue weighted by Crippen LogP contribution is 2.25. The molecule has 0 unspecified atom stereocenters. The van der Waals surface area contributed by atoms with Gasteiger partial charge in [-0.25, -0.2) is 0 Å². The van der Waals surface area contributed by atoms with Crippen molar-refractivity contribution in [1.29, 1.82) is 0 Å². The van der Waals surface area contributed by atoms with Crippen molar-refractivity contribution in [3.63, 3.8) is 0 Å². The molecule has 1 aromatic heterocycles. The van der Waals surface area contributed by atoms with Gasteiger partial charge in [0, 0.05) is 19.2 Å². The van der Waals surface area contributed by atoms with Crippen LogP contribution in [0.3, 0.4) is 0 Å². The number of aliphatic hydroxyl groups excluding tert-OH is 1. The number of thioether (sulfide) groups is 1. The lowest BCUT2D eigenvalue weighted by Crippen LogP contribution is -2.20. The zero-order valence-corrected chi connectivity index (χ0v) is 9.87. The van der Waals surface area contributed by atoms with Gasteiger partial charge in [-0.3, -0.25) is 9.79 Å². The van der Waals surface area contributed by atoms with E-state index >= 15 is 0 Å².